The van der Waals surface area contributed by atoms with Crippen LogP contribution in [0.15, 0.2) is 0 Å². The van der Waals surface area contributed by atoms with Crippen LogP contribution in [-0.2, 0) is 15.0 Å². The molecule has 0 radical (unpaired) electrons. The van der Waals surface area contributed by atoms with Crippen LogP contribution in [0.2, 0.25) is 6.32 Å². The van der Waals surface area contributed by atoms with Crippen molar-refractivity contribution in [2.75, 3.05) is 26.7 Å². The zero-order chi connectivity index (χ0) is 19.4. The monoisotopic (exact) mass is 377 g/mol. The number of carbonyl (C=O) groups is 1. The molecule has 1 unspecified atom stereocenters. The number of hydrogen-bond acceptors (Lipinski definition) is 8. The third-order valence-corrected chi connectivity index (χ3v) is 6.21. The summed E-state index contributed by atoms with van der Waals surface area (Å²) >= 11 is 0. The van der Waals surface area contributed by atoms with Crippen LogP contribution in [-0.4, -0.2) is 83.5 Å². The number of aliphatic carboxylic acids is 1. The molecule has 0 saturated carbocycles. The molecule has 13 heteroatoms. The van der Waals surface area contributed by atoms with Gasteiger partial charge in [0.15, 0.2) is 0 Å². The molecule has 0 spiro atoms. The van der Waals surface area contributed by atoms with Crippen LogP contribution >= 0.6 is 0 Å². The fraction of sp³-hybridized carbons (Fsp3) is 0.833. The van der Waals surface area contributed by atoms with Crippen molar-refractivity contribution in [2.24, 2.45) is 17.4 Å². The SMILES string of the molecule is CN(CC(N)C#N)S(=O)(=O)N1C[C@H](CCCB(O)O)[C@](N)(C(=O)O)C1. The topological polar surface area (TPSA) is 194 Å². The Hall–Kier alpha value is -1.27. The number of nitriles is 1. The Balaban J connectivity index is 2.92. The maximum Gasteiger partial charge on any atom is 0.451 e. The molecule has 3 atom stereocenters. The van der Waals surface area contributed by atoms with E-state index in [4.69, 9.17) is 26.8 Å². The summed E-state index contributed by atoms with van der Waals surface area (Å²) in [7, 11) is -4.30. The first-order chi connectivity index (χ1) is 11.4. The van der Waals surface area contributed by atoms with E-state index in [9.17, 15) is 18.3 Å². The largest absolute Gasteiger partial charge is 0.480 e. The summed E-state index contributed by atoms with van der Waals surface area (Å²) in [4.78, 5) is 11.6. The quantitative estimate of drug-likeness (QED) is 0.260. The van der Waals surface area contributed by atoms with E-state index in [-0.39, 0.29) is 32.3 Å². The van der Waals surface area contributed by atoms with Gasteiger partial charge in [-0.25, -0.2) is 0 Å². The molecule has 1 rings (SSSR count). The number of carboxylic acids is 1. The second-order valence-corrected chi connectivity index (χ2v) is 8.31. The number of hydrogen-bond donors (Lipinski definition) is 5. The highest BCUT2D eigenvalue weighted by molar-refractivity contribution is 7.86. The zero-order valence-electron chi connectivity index (χ0n) is 13.9. The van der Waals surface area contributed by atoms with Crippen molar-refractivity contribution in [2.45, 2.75) is 30.7 Å². The molecule has 25 heavy (non-hydrogen) atoms. The van der Waals surface area contributed by atoms with E-state index in [2.05, 4.69) is 0 Å². The van der Waals surface area contributed by atoms with Crippen LogP contribution in [0.25, 0.3) is 0 Å². The highest BCUT2D eigenvalue weighted by atomic mass is 32.2. The van der Waals surface area contributed by atoms with Gasteiger partial charge in [-0.1, -0.05) is 6.42 Å². The minimum absolute atomic E-state index is 0.0376. The molecule has 7 N–H and O–H groups in total. The van der Waals surface area contributed by atoms with Gasteiger partial charge in [-0.2, -0.15) is 22.3 Å². The smallest absolute Gasteiger partial charge is 0.451 e. The van der Waals surface area contributed by atoms with Gasteiger partial charge in [0.25, 0.3) is 10.2 Å². The first-order valence-corrected chi connectivity index (χ1v) is 9.09. The molecule has 0 bridgehead atoms. The van der Waals surface area contributed by atoms with E-state index in [1.54, 1.807) is 6.07 Å². The normalized spacial score (nSPS) is 25.7. The Morgan fingerprint density at radius 2 is 2.16 bits per heavy atom. The molecular formula is C12H24BN5O6S. The standard InChI is InChI=1S/C12H24BN5O6S/c1-17(7-10(15)5-14)25(23,24)18-6-9(3-2-4-13(21)22)12(16,8-18)11(19)20/h9-10,21-22H,2-4,6-8,15-16H2,1H3,(H,19,20)/t9-,10?,12-/m0/s1. The van der Waals surface area contributed by atoms with Crippen LogP contribution in [0.5, 0.6) is 0 Å². The maximum absolute atomic E-state index is 12.6. The van der Waals surface area contributed by atoms with E-state index < -0.39 is 47.3 Å². The Morgan fingerprint density at radius 1 is 1.56 bits per heavy atom. The first-order valence-electron chi connectivity index (χ1n) is 7.70. The van der Waals surface area contributed by atoms with Crippen LogP contribution in [0.3, 0.4) is 0 Å². The summed E-state index contributed by atoms with van der Waals surface area (Å²) in [6, 6.07) is 0.719. The zero-order valence-corrected chi connectivity index (χ0v) is 14.8. The van der Waals surface area contributed by atoms with Crippen molar-refractivity contribution in [3.05, 3.63) is 0 Å². The summed E-state index contributed by atoms with van der Waals surface area (Å²) in [6.07, 6.45) is 0.557. The lowest BCUT2D eigenvalue weighted by atomic mass is 9.78. The molecule has 11 nitrogen and oxygen atoms in total. The number of rotatable bonds is 9. The molecule has 1 heterocycles. The van der Waals surface area contributed by atoms with Crippen molar-refractivity contribution >= 4 is 23.3 Å². The van der Waals surface area contributed by atoms with Crippen molar-refractivity contribution in [3.63, 3.8) is 0 Å². The molecule has 0 aromatic rings. The average Bonchev–Trinajstić information content (AvgIpc) is 2.86. The summed E-state index contributed by atoms with van der Waals surface area (Å²) in [5, 5.41) is 35.9. The van der Waals surface area contributed by atoms with Crippen LogP contribution in [0, 0.1) is 17.2 Å². The summed E-state index contributed by atoms with van der Waals surface area (Å²) in [5.41, 5.74) is 9.62. The van der Waals surface area contributed by atoms with Gasteiger partial charge < -0.3 is 26.6 Å². The number of carboxylic acid groups (broad SMARTS) is 1. The Kier molecular flexibility index (Phi) is 7.33. The van der Waals surface area contributed by atoms with Crippen molar-refractivity contribution in [3.8, 4) is 6.07 Å². The molecule has 142 valence electrons. The van der Waals surface area contributed by atoms with Crippen molar-refractivity contribution < 1.29 is 28.4 Å². The predicted octanol–water partition coefficient (Wildman–Crippen LogP) is -3.02. The number of likely N-dealkylation sites (N-methyl/N-ethyl adjacent to an activating group) is 1. The summed E-state index contributed by atoms with van der Waals surface area (Å²) < 4.78 is 27.0. The van der Waals surface area contributed by atoms with Crippen LogP contribution in [0.4, 0.5) is 0 Å². The van der Waals surface area contributed by atoms with Crippen molar-refractivity contribution in [1.82, 2.24) is 8.61 Å². The van der Waals surface area contributed by atoms with E-state index in [0.29, 0.717) is 0 Å². The second kappa shape index (κ2) is 8.41. The minimum Gasteiger partial charge on any atom is -0.480 e. The minimum atomic E-state index is -4.03. The Bertz CT molecular complexity index is 626. The molecule has 1 aliphatic heterocycles. The molecule has 1 aliphatic rings. The number of nitrogens with two attached hydrogens (primary N) is 2. The van der Waals surface area contributed by atoms with E-state index in [1.165, 1.54) is 7.05 Å². The van der Waals surface area contributed by atoms with Crippen molar-refractivity contribution in [1.29, 1.82) is 5.26 Å². The molecule has 0 aromatic carbocycles. The molecular weight excluding hydrogens is 353 g/mol. The van der Waals surface area contributed by atoms with Gasteiger partial charge >= 0.3 is 13.1 Å². The predicted molar refractivity (Wildman–Crippen MR) is 89.0 cm³/mol. The molecule has 0 amide bonds. The summed E-state index contributed by atoms with van der Waals surface area (Å²) in [5.74, 6) is -2.01. The third-order valence-electron chi connectivity index (χ3n) is 4.34. The molecule has 0 aliphatic carbocycles. The van der Waals surface area contributed by atoms with Gasteiger partial charge in [0, 0.05) is 32.6 Å². The second-order valence-electron chi connectivity index (χ2n) is 6.27. The van der Waals surface area contributed by atoms with Gasteiger partial charge in [0.2, 0.25) is 0 Å². The van der Waals surface area contributed by atoms with E-state index in [1.807, 2.05) is 0 Å². The van der Waals surface area contributed by atoms with Gasteiger partial charge in [-0.15, -0.1) is 0 Å². The average molecular weight is 377 g/mol. The number of nitrogens with zero attached hydrogens (tertiary/aromatic N) is 3. The van der Waals surface area contributed by atoms with Crippen LogP contribution in [0.1, 0.15) is 12.8 Å². The molecule has 1 saturated heterocycles. The Labute approximate surface area is 147 Å². The summed E-state index contributed by atoms with van der Waals surface area (Å²) in [6.45, 7) is -0.761. The lowest BCUT2D eigenvalue weighted by Crippen LogP contribution is -2.55. The van der Waals surface area contributed by atoms with E-state index >= 15 is 0 Å². The van der Waals surface area contributed by atoms with Gasteiger partial charge in [0.1, 0.15) is 11.6 Å². The fourth-order valence-electron chi connectivity index (χ4n) is 2.82. The lowest BCUT2D eigenvalue weighted by Gasteiger charge is -2.26. The molecule has 1 fully saturated rings. The highest BCUT2D eigenvalue weighted by Gasteiger charge is 2.52. The van der Waals surface area contributed by atoms with Crippen LogP contribution < -0.4 is 11.5 Å². The van der Waals surface area contributed by atoms with Gasteiger partial charge in [-0.05, 0) is 12.7 Å². The van der Waals surface area contributed by atoms with E-state index in [0.717, 1.165) is 8.61 Å². The van der Waals surface area contributed by atoms with Gasteiger partial charge in [0.05, 0.1) is 6.07 Å². The Morgan fingerprint density at radius 3 is 2.64 bits per heavy atom. The first kappa shape index (κ1) is 21.8. The third kappa shape index (κ3) is 5.11. The fourth-order valence-corrected chi connectivity index (χ4v) is 4.31. The van der Waals surface area contributed by atoms with Gasteiger partial charge in [-0.3, -0.25) is 4.79 Å². The maximum atomic E-state index is 12.6. The molecule has 0 aromatic heterocycles. The highest BCUT2D eigenvalue weighted by Crippen LogP contribution is 2.32. The lowest BCUT2D eigenvalue weighted by molar-refractivity contribution is -0.144.